The minimum Gasteiger partial charge on any atom is -0.507 e. The highest BCUT2D eigenvalue weighted by molar-refractivity contribution is 9.10. The van der Waals surface area contributed by atoms with Gasteiger partial charge in [-0.05, 0) is 71.9 Å². The van der Waals surface area contributed by atoms with Crippen LogP contribution in [0.2, 0.25) is 0 Å². The van der Waals surface area contributed by atoms with Crippen molar-refractivity contribution in [2.24, 2.45) is 5.92 Å². The molecule has 1 saturated heterocycles. The highest BCUT2D eigenvalue weighted by Crippen LogP contribution is 2.25. The summed E-state index contributed by atoms with van der Waals surface area (Å²) in [5, 5.41) is 12.7. The summed E-state index contributed by atoms with van der Waals surface area (Å²) in [6.45, 7) is 2.34. The number of nitrogens with one attached hydrogen (secondary N) is 1. The van der Waals surface area contributed by atoms with Crippen molar-refractivity contribution in [2.45, 2.75) is 19.3 Å². The van der Waals surface area contributed by atoms with E-state index in [9.17, 15) is 5.11 Å². The van der Waals surface area contributed by atoms with Gasteiger partial charge in [-0.25, -0.2) is 0 Å². The molecule has 1 unspecified atom stereocenters. The van der Waals surface area contributed by atoms with Gasteiger partial charge in [0.05, 0.1) is 4.47 Å². The minimum absolute atomic E-state index is 0.321. The second-order valence-electron chi connectivity index (χ2n) is 4.18. The average molecular weight is 270 g/mol. The van der Waals surface area contributed by atoms with Crippen LogP contribution in [-0.2, 0) is 6.42 Å². The van der Waals surface area contributed by atoms with Crippen LogP contribution < -0.4 is 5.32 Å². The van der Waals surface area contributed by atoms with Gasteiger partial charge in [0, 0.05) is 0 Å². The number of halogens is 1. The van der Waals surface area contributed by atoms with Gasteiger partial charge in [-0.1, -0.05) is 6.07 Å². The van der Waals surface area contributed by atoms with E-state index >= 15 is 0 Å². The molecule has 0 spiro atoms. The van der Waals surface area contributed by atoms with Gasteiger partial charge in [0.1, 0.15) is 5.75 Å². The van der Waals surface area contributed by atoms with Gasteiger partial charge in [0.15, 0.2) is 0 Å². The molecule has 0 aliphatic carbocycles. The third kappa shape index (κ3) is 2.95. The number of aromatic hydroxyl groups is 1. The summed E-state index contributed by atoms with van der Waals surface area (Å²) in [6, 6.07) is 5.77. The number of hydrogen-bond donors (Lipinski definition) is 2. The molecule has 1 aromatic carbocycles. The third-order valence-corrected chi connectivity index (χ3v) is 3.65. The van der Waals surface area contributed by atoms with Gasteiger partial charge in [0.25, 0.3) is 0 Å². The first kappa shape index (κ1) is 11.0. The molecule has 2 nitrogen and oxygen atoms in total. The normalized spacial score (nSPS) is 20.7. The number of hydrogen-bond acceptors (Lipinski definition) is 2. The summed E-state index contributed by atoms with van der Waals surface area (Å²) < 4.78 is 0.796. The Labute approximate surface area is 98.8 Å². The van der Waals surface area contributed by atoms with Crippen molar-refractivity contribution in [2.75, 3.05) is 13.1 Å². The fourth-order valence-corrected chi connectivity index (χ4v) is 2.46. The average Bonchev–Trinajstić information content (AvgIpc) is 2.73. The van der Waals surface area contributed by atoms with Gasteiger partial charge in [-0.3, -0.25) is 0 Å². The smallest absolute Gasteiger partial charge is 0.129 e. The zero-order chi connectivity index (χ0) is 10.7. The summed E-state index contributed by atoms with van der Waals surface area (Å²) >= 11 is 3.34. The minimum atomic E-state index is 0.321. The van der Waals surface area contributed by atoms with Crippen LogP contribution in [0.4, 0.5) is 0 Å². The van der Waals surface area contributed by atoms with Crippen molar-refractivity contribution in [3.05, 3.63) is 28.2 Å². The molecule has 2 rings (SSSR count). The molecule has 3 heteroatoms. The van der Waals surface area contributed by atoms with Crippen molar-refractivity contribution < 1.29 is 5.11 Å². The van der Waals surface area contributed by atoms with Crippen molar-refractivity contribution in [3.8, 4) is 5.75 Å². The first-order valence-corrected chi connectivity index (χ1v) is 6.23. The van der Waals surface area contributed by atoms with Crippen LogP contribution in [0.3, 0.4) is 0 Å². The lowest BCUT2D eigenvalue weighted by Gasteiger charge is -2.08. The maximum Gasteiger partial charge on any atom is 0.129 e. The predicted molar refractivity (Wildman–Crippen MR) is 65.1 cm³/mol. The molecule has 0 saturated carbocycles. The molecular formula is C12H16BrNO. The van der Waals surface area contributed by atoms with Crippen molar-refractivity contribution in [1.82, 2.24) is 5.32 Å². The molecule has 1 aliphatic heterocycles. The molecule has 1 aliphatic rings. The second-order valence-corrected chi connectivity index (χ2v) is 5.04. The van der Waals surface area contributed by atoms with Crippen molar-refractivity contribution in [3.63, 3.8) is 0 Å². The maximum absolute atomic E-state index is 9.37. The summed E-state index contributed by atoms with van der Waals surface area (Å²) in [5.41, 5.74) is 1.30. The molecule has 1 aromatic rings. The van der Waals surface area contributed by atoms with E-state index in [-0.39, 0.29) is 0 Å². The second kappa shape index (κ2) is 4.99. The Morgan fingerprint density at radius 1 is 1.47 bits per heavy atom. The summed E-state index contributed by atoms with van der Waals surface area (Å²) in [5.74, 6) is 1.15. The van der Waals surface area contributed by atoms with Gasteiger partial charge >= 0.3 is 0 Å². The van der Waals surface area contributed by atoms with Crippen LogP contribution in [0.1, 0.15) is 18.4 Å². The van der Waals surface area contributed by atoms with E-state index in [2.05, 4.69) is 21.2 Å². The number of benzene rings is 1. The van der Waals surface area contributed by atoms with E-state index < -0.39 is 0 Å². The lowest BCUT2D eigenvalue weighted by Crippen LogP contribution is -2.09. The summed E-state index contributed by atoms with van der Waals surface area (Å²) in [6.07, 6.45) is 3.65. The van der Waals surface area contributed by atoms with E-state index in [0.717, 1.165) is 16.8 Å². The number of aryl methyl sites for hydroxylation is 1. The maximum atomic E-state index is 9.37. The first-order chi connectivity index (χ1) is 7.25. The zero-order valence-electron chi connectivity index (χ0n) is 8.67. The van der Waals surface area contributed by atoms with Crippen LogP contribution in [-0.4, -0.2) is 18.2 Å². The fraction of sp³-hybridized carbons (Fsp3) is 0.500. The molecule has 2 N–H and O–H groups in total. The Morgan fingerprint density at radius 3 is 3.00 bits per heavy atom. The van der Waals surface area contributed by atoms with Crippen LogP contribution in [0, 0.1) is 5.92 Å². The third-order valence-electron chi connectivity index (χ3n) is 3.02. The Balaban J connectivity index is 1.90. The number of phenols is 1. The van der Waals surface area contributed by atoms with Crippen molar-refractivity contribution >= 4 is 15.9 Å². The number of rotatable bonds is 3. The fourth-order valence-electron chi connectivity index (χ4n) is 2.04. The molecule has 1 fully saturated rings. The Bertz CT molecular complexity index is 334. The van der Waals surface area contributed by atoms with E-state index in [4.69, 9.17) is 0 Å². The molecule has 82 valence electrons. The van der Waals surface area contributed by atoms with Gasteiger partial charge < -0.3 is 10.4 Å². The monoisotopic (exact) mass is 269 g/mol. The Hall–Kier alpha value is -0.540. The largest absolute Gasteiger partial charge is 0.507 e. The van der Waals surface area contributed by atoms with E-state index in [1.165, 1.54) is 31.5 Å². The Morgan fingerprint density at radius 2 is 2.33 bits per heavy atom. The van der Waals surface area contributed by atoms with Gasteiger partial charge in [-0.15, -0.1) is 0 Å². The molecule has 1 heterocycles. The highest BCUT2D eigenvalue weighted by Gasteiger charge is 2.13. The molecule has 0 amide bonds. The first-order valence-electron chi connectivity index (χ1n) is 5.44. The van der Waals surface area contributed by atoms with Crippen LogP contribution in [0.25, 0.3) is 0 Å². The van der Waals surface area contributed by atoms with Crippen molar-refractivity contribution in [1.29, 1.82) is 0 Å². The lowest BCUT2D eigenvalue weighted by atomic mass is 9.99. The van der Waals surface area contributed by atoms with E-state index in [1.807, 2.05) is 12.1 Å². The molecule has 1 atom stereocenters. The predicted octanol–water partition coefficient (Wildman–Crippen LogP) is 2.70. The highest BCUT2D eigenvalue weighted by atomic mass is 79.9. The molecular weight excluding hydrogens is 254 g/mol. The summed E-state index contributed by atoms with van der Waals surface area (Å²) in [4.78, 5) is 0. The van der Waals surface area contributed by atoms with Crippen LogP contribution >= 0.6 is 15.9 Å². The van der Waals surface area contributed by atoms with Crippen LogP contribution in [0.15, 0.2) is 22.7 Å². The molecule has 0 radical (unpaired) electrons. The Kier molecular flexibility index (Phi) is 3.65. The van der Waals surface area contributed by atoms with E-state index in [0.29, 0.717) is 5.75 Å². The van der Waals surface area contributed by atoms with Gasteiger partial charge in [0.2, 0.25) is 0 Å². The van der Waals surface area contributed by atoms with E-state index in [1.54, 1.807) is 6.07 Å². The number of phenolic OH excluding ortho intramolecular Hbond substituents is 1. The topological polar surface area (TPSA) is 32.3 Å². The van der Waals surface area contributed by atoms with Gasteiger partial charge in [-0.2, -0.15) is 0 Å². The molecule has 15 heavy (non-hydrogen) atoms. The van der Waals surface area contributed by atoms with Crippen LogP contribution in [0.5, 0.6) is 5.75 Å². The zero-order valence-corrected chi connectivity index (χ0v) is 10.3. The lowest BCUT2D eigenvalue weighted by molar-refractivity contribution is 0.471. The molecule has 0 bridgehead atoms. The standard InChI is InChI=1S/C12H16BrNO/c13-11-7-9(3-4-12(11)15)1-2-10-5-6-14-8-10/h3-4,7,10,14-15H,1-2,5-6,8H2. The quantitative estimate of drug-likeness (QED) is 0.885. The molecule has 0 aromatic heterocycles. The summed E-state index contributed by atoms with van der Waals surface area (Å²) in [7, 11) is 0. The SMILES string of the molecule is Oc1ccc(CCC2CCNC2)cc1Br.